The second-order valence-corrected chi connectivity index (χ2v) is 6.22. The van der Waals surface area contributed by atoms with Gasteiger partial charge in [-0.05, 0) is 54.1 Å². The SMILES string of the molecule is CC(C)NC(=S)N1CCN(c2ccc(Br)cn2)CC1. The number of halogens is 1. The Morgan fingerprint density at radius 3 is 2.53 bits per heavy atom. The molecular weight excluding hydrogens is 324 g/mol. The van der Waals surface area contributed by atoms with Crippen LogP contribution < -0.4 is 10.2 Å². The Hall–Kier alpha value is -0.880. The zero-order valence-corrected chi connectivity index (χ0v) is 13.7. The van der Waals surface area contributed by atoms with Crippen LogP contribution in [0.2, 0.25) is 0 Å². The molecule has 1 saturated heterocycles. The average molecular weight is 343 g/mol. The molecular formula is C13H19BrN4S. The van der Waals surface area contributed by atoms with Crippen LogP contribution in [0.1, 0.15) is 13.8 Å². The third-order valence-electron chi connectivity index (χ3n) is 3.01. The van der Waals surface area contributed by atoms with Gasteiger partial charge in [0.2, 0.25) is 0 Å². The van der Waals surface area contributed by atoms with Crippen molar-refractivity contribution in [3.63, 3.8) is 0 Å². The summed E-state index contributed by atoms with van der Waals surface area (Å²) >= 11 is 8.80. The molecule has 0 amide bonds. The van der Waals surface area contributed by atoms with Gasteiger partial charge < -0.3 is 15.1 Å². The van der Waals surface area contributed by atoms with Gasteiger partial charge in [0.25, 0.3) is 0 Å². The minimum absolute atomic E-state index is 0.388. The Bertz CT molecular complexity index is 427. The number of hydrogen-bond donors (Lipinski definition) is 1. The van der Waals surface area contributed by atoms with Gasteiger partial charge in [0, 0.05) is 42.9 Å². The van der Waals surface area contributed by atoms with Gasteiger partial charge in [0.15, 0.2) is 5.11 Å². The molecule has 0 atom stereocenters. The fourth-order valence-corrected chi connectivity index (χ4v) is 2.68. The van der Waals surface area contributed by atoms with Gasteiger partial charge in [-0.2, -0.15) is 0 Å². The molecule has 4 nitrogen and oxygen atoms in total. The fraction of sp³-hybridized carbons (Fsp3) is 0.538. The molecule has 0 saturated carbocycles. The number of nitrogens with one attached hydrogen (secondary N) is 1. The Morgan fingerprint density at radius 1 is 1.32 bits per heavy atom. The number of anilines is 1. The minimum atomic E-state index is 0.388. The van der Waals surface area contributed by atoms with E-state index in [1.807, 2.05) is 18.3 Å². The van der Waals surface area contributed by atoms with Crippen molar-refractivity contribution in [3.05, 3.63) is 22.8 Å². The number of pyridine rings is 1. The maximum Gasteiger partial charge on any atom is 0.169 e. The Kier molecular flexibility index (Phi) is 4.99. The summed E-state index contributed by atoms with van der Waals surface area (Å²) in [6, 6.07) is 4.46. The Morgan fingerprint density at radius 2 is 2.00 bits per heavy atom. The Labute approximate surface area is 128 Å². The smallest absolute Gasteiger partial charge is 0.169 e. The predicted molar refractivity (Wildman–Crippen MR) is 86.6 cm³/mol. The van der Waals surface area contributed by atoms with Crippen molar-refractivity contribution in [1.29, 1.82) is 0 Å². The molecule has 104 valence electrons. The molecule has 19 heavy (non-hydrogen) atoms. The fourth-order valence-electron chi connectivity index (χ4n) is 2.03. The van der Waals surface area contributed by atoms with Crippen LogP contribution in [-0.2, 0) is 0 Å². The zero-order chi connectivity index (χ0) is 13.8. The first-order valence-corrected chi connectivity index (χ1v) is 7.68. The summed E-state index contributed by atoms with van der Waals surface area (Å²) in [6.45, 7) is 8.00. The lowest BCUT2D eigenvalue weighted by Gasteiger charge is -2.37. The summed E-state index contributed by atoms with van der Waals surface area (Å²) in [5.41, 5.74) is 0. The number of piperazine rings is 1. The van der Waals surface area contributed by atoms with E-state index in [9.17, 15) is 0 Å². The monoisotopic (exact) mass is 342 g/mol. The standard InChI is InChI=1S/C13H19BrN4S/c1-10(2)16-13(19)18-7-5-17(6-8-18)12-4-3-11(14)9-15-12/h3-4,9-10H,5-8H2,1-2H3,(H,16,19). The summed E-state index contributed by atoms with van der Waals surface area (Å²) in [4.78, 5) is 8.95. The zero-order valence-electron chi connectivity index (χ0n) is 11.3. The molecule has 0 unspecified atom stereocenters. The second kappa shape index (κ2) is 6.52. The molecule has 0 radical (unpaired) electrons. The van der Waals surface area contributed by atoms with E-state index in [-0.39, 0.29) is 0 Å². The molecule has 2 heterocycles. The highest BCUT2D eigenvalue weighted by Crippen LogP contribution is 2.16. The van der Waals surface area contributed by atoms with Crippen LogP contribution in [0.5, 0.6) is 0 Å². The normalized spacial score (nSPS) is 15.8. The predicted octanol–water partition coefficient (Wildman–Crippen LogP) is 2.25. The van der Waals surface area contributed by atoms with Gasteiger partial charge in [-0.3, -0.25) is 0 Å². The van der Waals surface area contributed by atoms with Crippen LogP contribution in [-0.4, -0.2) is 47.2 Å². The molecule has 0 spiro atoms. The molecule has 1 N–H and O–H groups in total. The minimum Gasteiger partial charge on any atom is -0.360 e. The van der Waals surface area contributed by atoms with Gasteiger partial charge in [-0.1, -0.05) is 0 Å². The van der Waals surface area contributed by atoms with Gasteiger partial charge in [0.05, 0.1) is 0 Å². The van der Waals surface area contributed by atoms with E-state index in [2.05, 4.69) is 49.9 Å². The van der Waals surface area contributed by atoms with Crippen LogP contribution in [0.4, 0.5) is 5.82 Å². The van der Waals surface area contributed by atoms with E-state index in [1.165, 1.54) is 0 Å². The van der Waals surface area contributed by atoms with E-state index in [1.54, 1.807) is 0 Å². The molecule has 1 aliphatic rings. The number of rotatable bonds is 2. The van der Waals surface area contributed by atoms with E-state index in [0.29, 0.717) is 6.04 Å². The molecule has 2 rings (SSSR count). The van der Waals surface area contributed by atoms with E-state index >= 15 is 0 Å². The van der Waals surface area contributed by atoms with Crippen molar-refractivity contribution in [1.82, 2.24) is 15.2 Å². The molecule has 1 fully saturated rings. The first-order valence-electron chi connectivity index (χ1n) is 6.48. The molecule has 0 aromatic carbocycles. The largest absolute Gasteiger partial charge is 0.360 e. The highest BCUT2D eigenvalue weighted by atomic mass is 79.9. The van der Waals surface area contributed by atoms with Crippen LogP contribution >= 0.6 is 28.1 Å². The Balaban J connectivity index is 1.88. The summed E-state index contributed by atoms with van der Waals surface area (Å²) < 4.78 is 1.01. The second-order valence-electron chi connectivity index (χ2n) is 4.91. The van der Waals surface area contributed by atoms with E-state index in [4.69, 9.17) is 12.2 Å². The lowest BCUT2D eigenvalue weighted by Crippen LogP contribution is -2.52. The average Bonchev–Trinajstić information content (AvgIpc) is 2.39. The van der Waals surface area contributed by atoms with Crippen molar-refractivity contribution in [2.24, 2.45) is 0 Å². The van der Waals surface area contributed by atoms with Crippen LogP contribution in [0.15, 0.2) is 22.8 Å². The van der Waals surface area contributed by atoms with Gasteiger partial charge in [-0.15, -0.1) is 0 Å². The number of hydrogen-bond acceptors (Lipinski definition) is 3. The molecule has 1 aromatic heterocycles. The van der Waals surface area contributed by atoms with Crippen molar-refractivity contribution in [2.75, 3.05) is 31.1 Å². The summed E-state index contributed by atoms with van der Waals surface area (Å²) in [5.74, 6) is 1.03. The van der Waals surface area contributed by atoms with Crippen molar-refractivity contribution < 1.29 is 0 Å². The van der Waals surface area contributed by atoms with Crippen LogP contribution in [0.3, 0.4) is 0 Å². The third kappa shape index (κ3) is 4.04. The third-order valence-corrected chi connectivity index (χ3v) is 3.86. The molecule has 6 heteroatoms. The lowest BCUT2D eigenvalue weighted by molar-refractivity contribution is 0.376. The molecule has 1 aromatic rings. The maximum atomic E-state index is 5.40. The van der Waals surface area contributed by atoms with E-state index in [0.717, 1.165) is 41.6 Å². The number of aromatic nitrogens is 1. The maximum absolute atomic E-state index is 5.40. The molecule has 1 aliphatic heterocycles. The highest BCUT2D eigenvalue weighted by Gasteiger charge is 2.19. The topological polar surface area (TPSA) is 31.4 Å². The van der Waals surface area contributed by atoms with Crippen molar-refractivity contribution >= 4 is 39.1 Å². The lowest BCUT2D eigenvalue weighted by atomic mass is 10.3. The van der Waals surface area contributed by atoms with Crippen molar-refractivity contribution in [2.45, 2.75) is 19.9 Å². The molecule has 0 bridgehead atoms. The van der Waals surface area contributed by atoms with Gasteiger partial charge in [-0.25, -0.2) is 4.98 Å². The summed E-state index contributed by atoms with van der Waals surface area (Å²) in [5, 5.41) is 4.15. The first kappa shape index (κ1) is 14.5. The quantitative estimate of drug-likeness (QED) is 0.833. The summed E-state index contributed by atoms with van der Waals surface area (Å²) in [6.07, 6.45) is 1.84. The summed E-state index contributed by atoms with van der Waals surface area (Å²) in [7, 11) is 0. The van der Waals surface area contributed by atoms with E-state index < -0.39 is 0 Å². The van der Waals surface area contributed by atoms with Crippen molar-refractivity contribution in [3.8, 4) is 0 Å². The first-order chi connectivity index (χ1) is 9.06. The van der Waals surface area contributed by atoms with Crippen LogP contribution in [0, 0.1) is 0 Å². The number of thiocarbonyl (C=S) groups is 1. The van der Waals surface area contributed by atoms with Crippen LogP contribution in [0.25, 0.3) is 0 Å². The highest BCUT2D eigenvalue weighted by molar-refractivity contribution is 9.10. The van der Waals surface area contributed by atoms with Gasteiger partial charge >= 0.3 is 0 Å². The van der Waals surface area contributed by atoms with Gasteiger partial charge in [0.1, 0.15) is 5.82 Å². The number of nitrogens with zero attached hydrogens (tertiary/aromatic N) is 3. The molecule has 0 aliphatic carbocycles.